The average molecular weight is 649 g/mol. The number of amides is 1. The van der Waals surface area contributed by atoms with Crippen molar-refractivity contribution >= 4 is 5.91 Å². The zero-order valence-electron chi connectivity index (χ0n) is 28.0. The van der Waals surface area contributed by atoms with Gasteiger partial charge < -0.3 is 33.3 Å². The summed E-state index contributed by atoms with van der Waals surface area (Å²) in [6.07, 6.45) is 1.10. The van der Waals surface area contributed by atoms with Crippen LogP contribution in [-0.4, -0.2) is 122 Å². The summed E-state index contributed by atoms with van der Waals surface area (Å²) in [5.74, 6) is -0.293. The number of methoxy groups -OCH3 is 1. The summed E-state index contributed by atoms with van der Waals surface area (Å²) in [5, 5.41) is 0. The summed E-state index contributed by atoms with van der Waals surface area (Å²) >= 11 is 0. The van der Waals surface area contributed by atoms with Crippen molar-refractivity contribution in [3.8, 4) is 0 Å². The van der Waals surface area contributed by atoms with E-state index in [-0.39, 0.29) is 24.0 Å². The van der Waals surface area contributed by atoms with E-state index >= 15 is 0 Å². The zero-order chi connectivity index (χ0) is 32.9. The van der Waals surface area contributed by atoms with Gasteiger partial charge in [0.25, 0.3) is 0 Å². The monoisotopic (exact) mass is 648 g/mol. The number of likely N-dealkylation sites (tertiary alicyclic amines) is 1. The molecule has 0 N–H and O–H groups in total. The molecule has 3 aromatic carbocycles. The van der Waals surface area contributed by atoms with Crippen LogP contribution in [0.2, 0.25) is 0 Å². The molecule has 2 unspecified atom stereocenters. The fraction of sp³-hybridized carbons (Fsp3) is 0.500. The molecule has 9 nitrogen and oxygen atoms in total. The number of hydrogen-bond donors (Lipinski definition) is 0. The van der Waals surface area contributed by atoms with Crippen LogP contribution in [0.1, 0.15) is 35.1 Å². The van der Waals surface area contributed by atoms with E-state index < -0.39 is 0 Å². The molecule has 0 saturated carbocycles. The first kappa shape index (κ1) is 36.7. The lowest BCUT2D eigenvalue weighted by Crippen LogP contribution is -2.41. The van der Waals surface area contributed by atoms with Gasteiger partial charge in [-0.1, -0.05) is 91.0 Å². The third-order valence-electron chi connectivity index (χ3n) is 8.30. The van der Waals surface area contributed by atoms with Crippen molar-refractivity contribution in [2.45, 2.75) is 24.5 Å². The minimum absolute atomic E-state index is 0.0835. The van der Waals surface area contributed by atoms with Gasteiger partial charge in [-0.2, -0.15) is 0 Å². The van der Waals surface area contributed by atoms with E-state index in [0.29, 0.717) is 66.1 Å². The van der Waals surface area contributed by atoms with Crippen LogP contribution in [0.25, 0.3) is 0 Å². The number of carbonyl (C=O) groups excluding carboxylic acids is 1. The van der Waals surface area contributed by atoms with E-state index in [1.54, 1.807) is 7.11 Å². The summed E-state index contributed by atoms with van der Waals surface area (Å²) in [6.45, 7) is 7.93. The Kier molecular flexibility index (Phi) is 16.9. The van der Waals surface area contributed by atoms with Gasteiger partial charge in [0.15, 0.2) is 0 Å². The molecule has 1 amide bonds. The third-order valence-corrected chi connectivity index (χ3v) is 8.30. The predicted molar refractivity (Wildman–Crippen MR) is 183 cm³/mol. The first-order valence-corrected chi connectivity index (χ1v) is 16.7. The Hall–Kier alpha value is -3.15. The van der Waals surface area contributed by atoms with Crippen LogP contribution in [-0.2, 0) is 33.2 Å². The second kappa shape index (κ2) is 21.7. The highest BCUT2D eigenvalue weighted by Crippen LogP contribution is 2.31. The highest BCUT2D eigenvalue weighted by molar-refractivity contribution is 5.87. The zero-order valence-corrected chi connectivity index (χ0v) is 28.0. The van der Waals surface area contributed by atoms with E-state index in [2.05, 4.69) is 17.0 Å². The van der Waals surface area contributed by atoms with Gasteiger partial charge in [-0.05, 0) is 23.1 Å². The van der Waals surface area contributed by atoms with E-state index in [9.17, 15) is 4.79 Å². The van der Waals surface area contributed by atoms with Gasteiger partial charge >= 0.3 is 0 Å². The number of benzene rings is 3. The Morgan fingerprint density at radius 1 is 0.681 bits per heavy atom. The number of ether oxygens (including phenoxy) is 6. The van der Waals surface area contributed by atoms with E-state index in [4.69, 9.17) is 28.4 Å². The molecule has 0 aliphatic carbocycles. The van der Waals surface area contributed by atoms with E-state index in [1.165, 1.54) is 0 Å². The molecular weight excluding hydrogens is 596 g/mol. The second-order valence-corrected chi connectivity index (χ2v) is 11.6. The summed E-state index contributed by atoms with van der Waals surface area (Å²) in [6, 6.07) is 30.4. The Morgan fingerprint density at radius 2 is 1.13 bits per heavy atom. The highest BCUT2D eigenvalue weighted by Gasteiger charge is 2.33. The molecule has 1 aliphatic heterocycles. The number of likely N-dealkylation sites (N-methyl/N-ethyl adjacent to an activating group) is 1. The topological polar surface area (TPSA) is 78.9 Å². The van der Waals surface area contributed by atoms with Gasteiger partial charge in [0.05, 0.1) is 84.1 Å². The lowest BCUT2D eigenvalue weighted by molar-refractivity contribution is -0.133. The Morgan fingerprint density at radius 3 is 1.62 bits per heavy atom. The van der Waals surface area contributed by atoms with Crippen molar-refractivity contribution in [1.82, 2.24) is 9.80 Å². The smallest absolute Gasteiger partial charge is 0.234 e. The molecule has 0 radical (unpaired) electrons. The molecule has 0 bridgehead atoms. The Bertz CT molecular complexity index is 1200. The highest BCUT2D eigenvalue weighted by atomic mass is 16.6. The van der Waals surface area contributed by atoms with Crippen molar-refractivity contribution in [2.75, 3.05) is 99.9 Å². The van der Waals surface area contributed by atoms with Gasteiger partial charge in [-0.15, -0.1) is 0 Å². The molecule has 1 aliphatic rings. The minimum atomic E-state index is -0.376. The minimum Gasteiger partial charge on any atom is -0.382 e. The van der Waals surface area contributed by atoms with E-state index in [1.807, 2.05) is 90.8 Å². The van der Waals surface area contributed by atoms with Crippen LogP contribution >= 0.6 is 0 Å². The SMILES string of the molecule is COCCOCCOCCOCCOCCOC1CCN(CC(c2ccccc2)N(C)C(=O)C(c2ccccc2)c2ccccc2)C1. The molecule has 9 heteroatoms. The quantitative estimate of drug-likeness (QED) is 0.136. The Balaban J connectivity index is 1.19. The summed E-state index contributed by atoms with van der Waals surface area (Å²) in [5.41, 5.74) is 3.12. The number of hydrogen-bond acceptors (Lipinski definition) is 8. The molecule has 47 heavy (non-hydrogen) atoms. The van der Waals surface area contributed by atoms with Crippen LogP contribution in [0, 0.1) is 0 Å². The van der Waals surface area contributed by atoms with Crippen molar-refractivity contribution in [2.24, 2.45) is 0 Å². The van der Waals surface area contributed by atoms with Crippen LogP contribution in [0.15, 0.2) is 91.0 Å². The van der Waals surface area contributed by atoms with Crippen LogP contribution < -0.4 is 0 Å². The summed E-state index contributed by atoms with van der Waals surface area (Å²) in [7, 11) is 3.60. The maximum Gasteiger partial charge on any atom is 0.234 e. The lowest BCUT2D eigenvalue weighted by atomic mass is 9.89. The fourth-order valence-electron chi connectivity index (χ4n) is 5.77. The molecule has 1 fully saturated rings. The van der Waals surface area contributed by atoms with Gasteiger partial charge in [0.1, 0.15) is 0 Å². The van der Waals surface area contributed by atoms with Crippen molar-refractivity contribution in [3.63, 3.8) is 0 Å². The van der Waals surface area contributed by atoms with Gasteiger partial charge in [-0.25, -0.2) is 0 Å². The van der Waals surface area contributed by atoms with E-state index in [0.717, 1.165) is 42.7 Å². The van der Waals surface area contributed by atoms with Gasteiger partial charge in [0.2, 0.25) is 5.91 Å². The molecule has 0 aromatic heterocycles. The van der Waals surface area contributed by atoms with Crippen molar-refractivity contribution in [1.29, 1.82) is 0 Å². The fourth-order valence-corrected chi connectivity index (χ4v) is 5.77. The Labute approximate surface area is 280 Å². The van der Waals surface area contributed by atoms with Gasteiger partial charge in [0, 0.05) is 33.8 Å². The average Bonchev–Trinajstić information content (AvgIpc) is 3.57. The standard InChI is InChI=1S/C38H52N2O7/c1-39(38(41)37(33-14-8-4-9-15-33)34-16-10-5-11-17-34)36(32-12-6-3-7-13-32)31-40-19-18-35(30-40)47-29-28-46-27-26-45-25-24-44-23-22-43-21-20-42-2/h3-17,35-37H,18-31H2,1-2H3. The third kappa shape index (κ3) is 12.8. The summed E-state index contributed by atoms with van der Waals surface area (Å²) in [4.78, 5) is 18.7. The molecule has 1 heterocycles. The molecule has 2 atom stereocenters. The first-order valence-electron chi connectivity index (χ1n) is 16.7. The predicted octanol–water partition coefficient (Wildman–Crippen LogP) is 4.82. The lowest BCUT2D eigenvalue weighted by Gasteiger charge is -2.34. The van der Waals surface area contributed by atoms with Crippen molar-refractivity contribution < 1.29 is 33.2 Å². The molecule has 1 saturated heterocycles. The van der Waals surface area contributed by atoms with Crippen LogP contribution in [0.4, 0.5) is 0 Å². The molecule has 4 rings (SSSR count). The molecule has 0 spiro atoms. The normalized spacial score (nSPS) is 15.7. The second-order valence-electron chi connectivity index (χ2n) is 11.6. The first-order chi connectivity index (χ1) is 23.2. The molecule has 256 valence electrons. The maximum atomic E-state index is 14.3. The number of carbonyl (C=O) groups is 1. The molecule has 3 aromatic rings. The van der Waals surface area contributed by atoms with Crippen LogP contribution in [0.5, 0.6) is 0 Å². The number of rotatable bonds is 23. The summed E-state index contributed by atoms with van der Waals surface area (Å²) < 4.78 is 33.2. The molecular formula is C38H52N2O7. The van der Waals surface area contributed by atoms with Gasteiger partial charge in [-0.3, -0.25) is 9.69 Å². The van der Waals surface area contributed by atoms with Crippen LogP contribution in [0.3, 0.4) is 0 Å². The van der Waals surface area contributed by atoms with Crippen molar-refractivity contribution in [3.05, 3.63) is 108 Å². The number of nitrogens with zero attached hydrogens (tertiary/aromatic N) is 2. The maximum absolute atomic E-state index is 14.3. The largest absolute Gasteiger partial charge is 0.382 e.